The summed E-state index contributed by atoms with van der Waals surface area (Å²) in [6, 6.07) is 0. The zero-order chi connectivity index (χ0) is 40.4. The van der Waals surface area contributed by atoms with Gasteiger partial charge in [0.2, 0.25) is 0 Å². The fourth-order valence-corrected chi connectivity index (χ4v) is 0. The fraction of sp³-hybridized carbons (Fsp3) is 0. The molecule has 0 amide bonds. The van der Waals surface area contributed by atoms with Crippen LogP contribution in [-0.2, 0) is 0 Å². The molecule has 0 aromatic carbocycles. The number of quaternary nitrogens is 2. The van der Waals surface area contributed by atoms with E-state index in [9.17, 15) is 0 Å². The second-order valence-electron chi connectivity index (χ2n) is 3.01. The Morgan fingerprint density at radius 3 is 0.224 bits per heavy atom. The molecule has 0 saturated carbocycles. The molecule has 0 saturated heterocycles. The van der Waals surface area contributed by atoms with Gasteiger partial charge in [-0.3, -0.25) is 0 Å². The third-order valence-corrected chi connectivity index (χ3v) is 0. The minimum atomic E-state index is -4.94. The third kappa shape index (κ3) is 212000. The average Bonchev–Trinajstić information content (AvgIpc) is 2.41. The van der Waals surface area contributed by atoms with E-state index in [0.717, 1.165) is 0 Å². The van der Waals surface area contributed by atoms with E-state index in [1.165, 1.54) is 0 Å². The van der Waals surface area contributed by atoms with Gasteiger partial charge in [-0.05, 0) is 0 Å². The summed E-state index contributed by atoms with van der Waals surface area (Å²) in [7, 11) is -24.7. The molecule has 0 fully saturated rings. The summed E-state index contributed by atoms with van der Waals surface area (Å²) in [5, 5.41) is 73.8. The molecule has 0 spiro atoms. The Morgan fingerprint density at radius 2 is 0.224 bits per heavy atom. The van der Waals surface area contributed by atoms with E-state index in [0.29, 0.717) is 0 Å². The molecule has 42 nitrogen and oxygen atoms in total. The molecule has 0 atom stereocenters. The molecule has 0 aliphatic carbocycles. The van der Waals surface area contributed by atoms with E-state index >= 15 is 0 Å². The first-order chi connectivity index (χ1) is 18.7. The van der Waals surface area contributed by atoms with Crippen LogP contribution in [0.3, 0.4) is 0 Å². The molecule has 49 heavy (non-hydrogen) atoms. The van der Waals surface area contributed by atoms with Crippen LogP contribution in [0.2, 0.25) is 0 Å². The minimum Gasteiger partial charge on any atom is -0.369 e. The second-order valence-corrected chi connectivity index (χ2v) is 6.79. The van der Waals surface area contributed by atoms with Crippen molar-refractivity contribution < 1.29 is 253 Å². The zero-order valence-electron chi connectivity index (χ0n) is 21.4. The monoisotopic (exact) mass is 1120 g/mol. The number of hydrogen-bond acceptors (Lipinski definition) is 35. The first-order valence-electron chi connectivity index (χ1n) is 5.82. The molecular weight excluding hydrogens is 1120 g/mol. The maximum atomic E-state index is 8.49. The van der Waals surface area contributed by atoms with Gasteiger partial charge < -0.3 is 88.9 Å². The van der Waals surface area contributed by atoms with Crippen molar-refractivity contribution in [1.29, 1.82) is 0 Å². The fourth-order valence-electron chi connectivity index (χ4n) is 0. The van der Waals surface area contributed by atoms with Gasteiger partial charge in [-0.2, -0.15) is 0 Å². The van der Waals surface area contributed by atoms with Crippen LogP contribution in [0.4, 0.5) is 0 Å². The topological polar surface area (TPSA) is 865 Å². The van der Waals surface area contributed by atoms with Crippen LogP contribution in [0.5, 0.6) is 0 Å². The van der Waals surface area contributed by atoms with E-state index in [1.54, 1.807) is 0 Å². The van der Waals surface area contributed by atoms with E-state index < -0.39 is 76.6 Å². The van der Waals surface area contributed by atoms with Crippen LogP contribution in [-0.4, -0.2) is 25.4 Å². The largest absolute Gasteiger partial charge is 4.00 e. The second kappa shape index (κ2) is 51.7. The van der Waals surface area contributed by atoms with Crippen LogP contribution in [0.15, 0.2) is 0 Å². The molecular formula is H8Ce2Cl5N7O35. The Kier molecular flexibility index (Phi) is 96.9. The Labute approximate surface area is 339 Å². The molecule has 0 rings (SSSR count). The number of nitrogens with zero attached hydrogens (tertiary/aromatic N) is 5. The number of hydrogen-bond donors (Lipinski definition) is 2. The van der Waals surface area contributed by atoms with Gasteiger partial charge in [0.05, 0.1) is 25.4 Å². The molecule has 0 aromatic rings. The first kappa shape index (κ1) is 91.9. The molecule has 0 unspecified atom stereocenters. The van der Waals surface area contributed by atoms with E-state index in [-0.39, 0.29) is 95.8 Å². The van der Waals surface area contributed by atoms with Crippen molar-refractivity contribution in [3.63, 3.8) is 0 Å². The molecule has 0 aliphatic rings. The van der Waals surface area contributed by atoms with Crippen molar-refractivity contribution in [2.24, 2.45) is 0 Å². The van der Waals surface area contributed by atoms with Crippen molar-refractivity contribution in [3.05, 3.63) is 76.6 Å². The molecule has 0 radical (unpaired) electrons. The van der Waals surface area contributed by atoms with Gasteiger partial charge in [0.1, 0.15) is 0 Å². The third-order valence-electron chi connectivity index (χ3n) is 0. The predicted octanol–water partition coefficient (Wildman–Crippen LogP) is -24.2. The predicted molar refractivity (Wildman–Crippen MR) is 63.8 cm³/mol. The number of rotatable bonds is 0. The van der Waals surface area contributed by atoms with Crippen LogP contribution in [0.1, 0.15) is 0 Å². The van der Waals surface area contributed by atoms with Crippen molar-refractivity contribution in [2.75, 3.05) is 0 Å². The van der Waals surface area contributed by atoms with Crippen molar-refractivity contribution in [1.82, 2.24) is 12.3 Å². The summed E-state index contributed by atoms with van der Waals surface area (Å²) >= 11 is 0. The van der Waals surface area contributed by atoms with Gasteiger partial charge >= 0.3 is 83.5 Å². The van der Waals surface area contributed by atoms with E-state index in [4.69, 9.17) is 170 Å². The van der Waals surface area contributed by atoms with Crippen molar-refractivity contribution in [3.8, 4) is 0 Å². The quantitative estimate of drug-likeness (QED) is 0.168. The summed E-state index contributed by atoms with van der Waals surface area (Å²) in [6.45, 7) is 0. The molecule has 0 bridgehead atoms. The average molecular weight is 1120 g/mol. The Morgan fingerprint density at radius 1 is 0.224 bits per heavy atom. The Balaban J connectivity index is -0.0000000230. The summed E-state index contributed by atoms with van der Waals surface area (Å²) in [6.07, 6.45) is 0. The molecule has 0 aromatic heterocycles. The minimum absolute atomic E-state index is 0. The summed E-state index contributed by atoms with van der Waals surface area (Å²) < 4.78 is 170. The zero-order valence-corrected chi connectivity index (χ0v) is 31.5. The van der Waals surface area contributed by atoms with Gasteiger partial charge in [0.25, 0.3) is 0 Å². The summed E-state index contributed by atoms with van der Waals surface area (Å²) in [4.78, 5) is 41.2. The normalized spacial score (nSPS) is 8.57. The first-order valence-corrected chi connectivity index (χ1v) is 12.0. The van der Waals surface area contributed by atoms with Gasteiger partial charge in [0, 0.05) is 0 Å². The number of halogens is 5. The molecule has 49 heteroatoms. The van der Waals surface area contributed by atoms with Crippen molar-refractivity contribution in [2.45, 2.75) is 0 Å². The Hall–Kier alpha value is -0.677. The maximum Gasteiger partial charge on any atom is 4.00 e. The van der Waals surface area contributed by atoms with Gasteiger partial charge in [-0.15, -0.1) is 51.2 Å². The van der Waals surface area contributed by atoms with Gasteiger partial charge in [-0.1, -0.05) is 0 Å². The summed E-state index contributed by atoms with van der Waals surface area (Å²) in [5.74, 6) is 0. The van der Waals surface area contributed by atoms with Crippen molar-refractivity contribution >= 4 is 0 Å². The SMILES string of the molecule is O=[N+]([O-])[O-].O=[N+]([O-])[O-].O=[N+]([O-])[O-].O=[N+]([O-])[O-].O=[N+]([O-])[O-].[Ce+4].[Ce+4].[NH4+].[NH4+].[O-][Cl+3]([O-])([O-])[O-].[O-][Cl+3]([O-])([O-])[O-].[O-][Cl+3]([O-])([O-])[O-].[O-][Cl+3]([O-])([O-])[O-].[O-][Cl+3]([O-])([O-])[O-]. The Bertz CT molecular complexity index is 514. The van der Waals surface area contributed by atoms with Crippen LogP contribution in [0, 0.1) is 211 Å². The molecule has 296 valence electrons. The standard InChI is InChI=1S/2Ce.5ClHO4.5NO3.2H3N/c;;5*2-1(3,4)5;5*2-1(3)4;;/h;;5*(H,2,3,4,5);;;;;;2*1H3/q2*+4;;;;;;5*-1;;/p-3. The van der Waals surface area contributed by atoms with Gasteiger partial charge in [-0.25, -0.2) is 93.2 Å². The smallest absolute Gasteiger partial charge is 0.369 e. The summed E-state index contributed by atoms with van der Waals surface area (Å²) in [5.41, 5.74) is 0. The van der Waals surface area contributed by atoms with Crippen LogP contribution in [0.25, 0.3) is 0 Å². The maximum absolute atomic E-state index is 8.49. The molecule has 0 heterocycles. The van der Waals surface area contributed by atoms with Crippen LogP contribution < -0.4 is 105 Å². The van der Waals surface area contributed by atoms with E-state index in [1.807, 2.05) is 0 Å². The van der Waals surface area contributed by atoms with E-state index in [2.05, 4.69) is 0 Å². The van der Waals surface area contributed by atoms with Gasteiger partial charge in [0.15, 0.2) is 0 Å². The molecule has 8 N–H and O–H groups in total. The molecule has 0 aliphatic heterocycles. The van der Waals surface area contributed by atoms with Crippen LogP contribution >= 0.6 is 0 Å².